The lowest BCUT2D eigenvalue weighted by Crippen LogP contribution is -1.96. The van der Waals surface area contributed by atoms with Gasteiger partial charge in [-0.1, -0.05) is 121 Å². The molecule has 3 heteroatoms. The maximum atomic E-state index is 5.37. The van der Waals surface area contributed by atoms with E-state index in [9.17, 15) is 0 Å². The number of thiophene rings is 1. The topological polar surface area (TPSA) is 25.8 Å². The number of hydrogen-bond acceptors (Lipinski definition) is 3. The molecule has 9 rings (SSSR count). The molecule has 2 heterocycles. The maximum Gasteiger partial charge on any atom is 0.162 e. The van der Waals surface area contributed by atoms with Gasteiger partial charge in [0.25, 0.3) is 0 Å². The van der Waals surface area contributed by atoms with E-state index in [2.05, 4.69) is 133 Å². The Kier molecular flexibility index (Phi) is 4.80. The molecule has 0 saturated heterocycles. The van der Waals surface area contributed by atoms with E-state index in [1.807, 2.05) is 0 Å². The van der Waals surface area contributed by atoms with Gasteiger partial charge in [-0.3, -0.25) is 0 Å². The average Bonchev–Trinajstić information content (AvgIpc) is 3.59. The van der Waals surface area contributed by atoms with Crippen molar-refractivity contribution in [3.63, 3.8) is 0 Å². The lowest BCUT2D eigenvalue weighted by atomic mass is 9.90. The molecular weight excluding hydrogens is 516 g/mol. The Balaban J connectivity index is 1.40. The van der Waals surface area contributed by atoms with Crippen LogP contribution in [0.4, 0.5) is 0 Å². The van der Waals surface area contributed by atoms with E-state index in [0.717, 1.165) is 32.9 Å². The third-order valence-corrected chi connectivity index (χ3v) is 9.33. The summed E-state index contributed by atoms with van der Waals surface area (Å²) in [7, 11) is 0. The van der Waals surface area contributed by atoms with Crippen molar-refractivity contribution in [2.45, 2.75) is 0 Å². The van der Waals surface area contributed by atoms with Crippen LogP contribution in [0.2, 0.25) is 0 Å². The van der Waals surface area contributed by atoms with Gasteiger partial charge in [0, 0.05) is 32.2 Å². The van der Waals surface area contributed by atoms with Crippen LogP contribution < -0.4 is 0 Å². The summed E-state index contributed by atoms with van der Waals surface area (Å²) in [6, 6.07) is 47.6. The maximum absolute atomic E-state index is 5.37. The van der Waals surface area contributed by atoms with Crippen molar-refractivity contribution >= 4 is 42.4 Å². The summed E-state index contributed by atoms with van der Waals surface area (Å²) >= 11 is 1.74. The summed E-state index contributed by atoms with van der Waals surface area (Å²) in [6.45, 7) is 0. The van der Waals surface area contributed by atoms with Crippen molar-refractivity contribution in [1.82, 2.24) is 9.97 Å². The first-order valence-electron chi connectivity index (χ1n) is 13.9. The van der Waals surface area contributed by atoms with Crippen molar-refractivity contribution in [1.29, 1.82) is 0 Å². The van der Waals surface area contributed by atoms with Crippen LogP contribution in [-0.4, -0.2) is 9.97 Å². The zero-order chi connectivity index (χ0) is 26.9. The molecule has 0 saturated carbocycles. The molecular formula is C38H22N2S. The third kappa shape index (κ3) is 3.30. The molecule has 0 aliphatic heterocycles. The molecule has 0 fully saturated rings. The second kappa shape index (κ2) is 8.69. The van der Waals surface area contributed by atoms with Crippen LogP contribution in [0.15, 0.2) is 133 Å². The molecule has 2 nitrogen and oxygen atoms in total. The first kappa shape index (κ1) is 22.7. The minimum Gasteiger partial charge on any atom is -0.227 e. The first-order chi connectivity index (χ1) is 20.3. The van der Waals surface area contributed by atoms with E-state index < -0.39 is 0 Å². The van der Waals surface area contributed by atoms with Crippen molar-refractivity contribution in [3.05, 3.63) is 133 Å². The van der Waals surface area contributed by atoms with Gasteiger partial charge < -0.3 is 0 Å². The van der Waals surface area contributed by atoms with Crippen molar-refractivity contribution in [2.75, 3.05) is 0 Å². The number of fused-ring (bicyclic) bond motifs is 6. The van der Waals surface area contributed by atoms with E-state index in [-0.39, 0.29) is 0 Å². The Bertz CT molecular complexity index is 2290. The number of hydrogen-bond donors (Lipinski definition) is 0. The fraction of sp³-hybridized carbons (Fsp3) is 0. The average molecular weight is 539 g/mol. The fourth-order valence-electron chi connectivity index (χ4n) is 6.51. The highest BCUT2D eigenvalue weighted by atomic mass is 32.1. The summed E-state index contributed by atoms with van der Waals surface area (Å²) in [5, 5.41) is 4.90. The molecule has 0 amide bonds. The normalized spacial score (nSPS) is 11.9. The molecule has 0 N–H and O–H groups in total. The Morgan fingerprint density at radius 2 is 1.07 bits per heavy atom. The van der Waals surface area contributed by atoms with Crippen LogP contribution in [0, 0.1) is 0 Å². The first-order valence-corrected chi connectivity index (χ1v) is 14.7. The lowest BCUT2D eigenvalue weighted by Gasteiger charge is -2.15. The van der Waals surface area contributed by atoms with E-state index in [0.29, 0.717) is 0 Å². The zero-order valence-corrected chi connectivity index (χ0v) is 22.8. The van der Waals surface area contributed by atoms with Gasteiger partial charge in [0.15, 0.2) is 5.82 Å². The molecule has 0 atom stereocenters. The molecule has 8 aromatic rings. The highest BCUT2D eigenvalue weighted by Gasteiger charge is 2.29. The largest absolute Gasteiger partial charge is 0.227 e. The van der Waals surface area contributed by atoms with Gasteiger partial charge in [0.05, 0.1) is 5.69 Å². The molecule has 6 aromatic carbocycles. The van der Waals surface area contributed by atoms with Crippen molar-refractivity contribution in [3.8, 4) is 56.0 Å². The van der Waals surface area contributed by atoms with Crippen LogP contribution in [0.1, 0.15) is 0 Å². The molecule has 190 valence electrons. The molecule has 1 aliphatic carbocycles. The molecule has 41 heavy (non-hydrogen) atoms. The van der Waals surface area contributed by atoms with Gasteiger partial charge in [-0.25, -0.2) is 9.97 Å². The highest BCUT2D eigenvalue weighted by Crippen LogP contribution is 2.54. The molecule has 1 aliphatic rings. The molecule has 0 radical (unpaired) electrons. The summed E-state index contributed by atoms with van der Waals surface area (Å²) in [5.74, 6) is 0.767. The van der Waals surface area contributed by atoms with Crippen LogP contribution in [0.25, 0.3) is 87.1 Å². The number of aromatic nitrogens is 2. The number of benzene rings is 6. The molecule has 0 spiro atoms. The number of nitrogens with zero attached hydrogens (tertiary/aromatic N) is 2. The standard InChI is InChI=1S/C38H22N2S/c1-3-11-23(12-4-1)26-21-22-30(34-29-19-10-16-24-15-9-18-28(32(24)29)33(26)34)37-39-36(25-13-5-2-6-14-25)35-27-17-7-8-20-31(27)41-38(35)40-37/h1-22H. The fourth-order valence-corrected chi connectivity index (χ4v) is 7.59. The van der Waals surface area contributed by atoms with Gasteiger partial charge in [0.2, 0.25) is 0 Å². The summed E-state index contributed by atoms with van der Waals surface area (Å²) in [4.78, 5) is 11.7. The molecule has 0 unspecified atom stereocenters. The van der Waals surface area contributed by atoms with Crippen LogP contribution in [0.5, 0.6) is 0 Å². The van der Waals surface area contributed by atoms with Gasteiger partial charge >= 0.3 is 0 Å². The number of rotatable bonds is 3. The minimum atomic E-state index is 0.767. The van der Waals surface area contributed by atoms with Gasteiger partial charge in [0.1, 0.15) is 4.83 Å². The third-order valence-electron chi connectivity index (χ3n) is 8.26. The minimum absolute atomic E-state index is 0.767. The van der Waals surface area contributed by atoms with Crippen molar-refractivity contribution in [2.24, 2.45) is 0 Å². The molecule has 2 aromatic heterocycles. The van der Waals surface area contributed by atoms with Crippen LogP contribution in [0.3, 0.4) is 0 Å². The predicted molar refractivity (Wildman–Crippen MR) is 173 cm³/mol. The van der Waals surface area contributed by atoms with E-state index in [1.165, 1.54) is 54.2 Å². The van der Waals surface area contributed by atoms with Crippen LogP contribution >= 0.6 is 11.3 Å². The lowest BCUT2D eigenvalue weighted by molar-refractivity contribution is 1.24. The van der Waals surface area contributed by atoms with E-state index in [1.54, 1.807) is 11.3 Å². The van der Waals surface area contributed by atoms with E-state index in [4.69, 9.17) is 9.97 Å². The second-order valence-electron chi connectivity index (χ2n) is 10.5. The van der Waals surface area contributed by atoms with Gasteiger partial charge in [-0.05, 0) is 50.7 Å². The Labute approximate surface area is 241 Å². The zero-order valence-electron chi connectivity index (χ0n) is 22.0. The smallest absolute Gasteiger partial charge is 0.162 e. The summed E-state index contributed by atoms with van der Waals surface area (Å²) in [6.07, 6.45) is 0. The Hall–Kier alpha value is -5.12. The summed E-state index contributed by atoms with van der Waals surface area (Å²) in [5.41, 5.74) is 10.6. The summed E-state index contributed by atoms with van der Waals surface area (Å²) < 4.78 is 1.23. The monoisotopic (exact) mass is 538 g/mol. The van der Waals surface area contributed by atoms with Crippen LogP contribution in [-0.2, 0) is 0 Å². The SMILES string of the molecule is c1ccc(-c2ccc(-c3nc(-c4ccccc4)c4c(n3)sc3ccccc34)c3c2-c2cccc4cccc-3c24)cc1. The predicted octanol–water partition coefficient (Wildman–Crippen LogP) is 10.6. The Morgan fingerprint density at radius 1 is 0.439 bits per heavy atom. The Morgan fingerprint density at radius 3 is 1.83 bits per heavy atom. The van der Waals surface area contributed by atoms with Gasteiger partial charge in [-0.15, -0.1) is 11.3 Å². The second-order valence-corrected chi connectivity index (χ2v) is 11.6. The molecule has 0 bridgehead atoms. The van der Waals surface area contributed by atoms with E-state index >= 15 is 0 Å². The van der Waals surface area contributed by atoms with Crippen molar-refractivity contribution < 1.29 is 0 Å². The highest BCUT2D eigenvalue weighted by molar-refractivity contribution is 7.25. The quantitative estimate of drug-likeness (QED) is 0.224. The van der Waals surface area contributed by atoms with Gasteiger partial charge in [-0.2, -0.15) is 0 Å².